The maximum atomic E-state index is 4.82. The minimum absolute atomic E-state index is 0.605. The second-order valence-corrected chi connectivity index (χ2v) is 6.58. The predicted molar refractivity (Wildman–Crippen MR) is 85.8 cm³/mol. The van der Waals surface area contributed by atoms with Crippen LogP contribution in [0.15, 0.2) is 23.6 Å². The van der Waals surface area contributed by atoms with Crippen LogP contribution in [0.5, 0.6) is 0 Å². The number of nitrogens with one attached hydrogen (secondary N) is 1. The molecule has 0 amide bonds. The van der Waals surface area contributed by atoms with Gasteiger partial charge in [-0.05, 0) is 62.2 Å². The molecule has 0 aromatic carbocycles. The van der Waals surface area contributed by atoms with Crippen molar-refractivity contribution < 1.29 is 0 Å². The first kappa shape index (κ1) is 13.3. The van der Waals surface area contributed by atoms with Crippen molar-refractivity contribution in [3.63, 3.8) is 0 Å². The molecule has 2 aliphatic rings. The minimum atomic E-state index is 0.605. The van der Waals surface area contributed by atoms with Crippen molar-refractivity contribution in [1.82, 2.24) is 19.9 Å². The first-order chi connectivity index (χ1) is 10.4. The number of piperidine rings is 1. The first-order valence-electron chi connectivity index (χ1n) is 7.67. The summed E-state index contributed by atoms with van der Waals surface area (Å²) in [7, 11) is 0. The van der Waals surface area contributed by atoms with E-state index in [1.165, 1.54) is 35.4 Å². The highest BCUT2D eigenvalue weighted by molar-refractivity contribution is 7.98. The molecule has 1 saturated heterocycles. The number of hydrogen-bond donors (Lipinski definition) is 1. The lowest BCUT2D eigenvalue weighted by Crippen LogP contribution is -2.29. The fourth-order valence-electron chi connectivity index (χ4n) is 3.50. The Bertz CT molecular complexity index is 658. The number of hydrogen-bond acceptors (Lipinski definition) is 4. The average Bonchev–Trinajstić information content (AvgIpc) is 2.99. The molecule has 3 heterocycles. The van der Waals surface area contributed by atoms with Gasteiger partial charge in [0.1, 0.15) is 0 Å². The van der Waals surface area contributed by atoms with Crippen molar-refractivity contribution in [3.05, 3.63) is 29.6 Å². The van der Waals surface area contributed by atoms with Crippen LogP contribution in [0.2, 0.25) is 0 Å². The van der Waals surface area contributed by atoms with Gasteiger partial charge in [0.15, 0.2) is 5.16 Å². The van der Waals surface area contributed by atoms with Crippen molar-refractivity contribution in [2.45, 2.75) is 36.9 Å². The summed E-state index contributed by atoms with van der Waals surface area (Å²) in [5.74, 6) is 0. The van der Waals surface area contributed by atoms with E-state index in [2.05, 4.69) is 27.1 Å². The molecule has 1 fully saturated rings. The molecule has 4 nitrogen and oxygen atoms in total. The van der Waals surface area contributed by atoms with E-state index in [0.29, 0.717) is 6.04 Å². The van der Waals surface area contributed by atoms with Gasteiger partial charge in [0.25, 0.3) is 0 Å². The molecule has 2 aromatic rings. The highest BCUT2D eigenvalue weighted by atomic mass is 32.2. The quantitative estimate of drug-likeness (QED) is 0.684. The summed E-state index contributed by atoms with van der Waals surface area (Å²) >= 11 is 1.62. The van der Waals surface area contributed by atoms with E-state index in [1.54, 1.807) is 11.8 Å². The molecule has 1 aliphatic carbocycles. The third-order valence-electron chi connectivity index (χ3n) is 4.61. The molecule has 0 unspecified atom stereocenters. The molecule has 0 atom stereocenters. The molecule has 21 heavy (non-hydrogen) atoms. The Balaban J connectivity index is 1.82. The minimum Gasteiger partial charge on any atom is -0.343 e. The molecule has 0 radical (unpaired) electrons. The Hall–Kier alpha value is -1.33. The zero-order chi connectivity index (χ0) is 14.2. The van der Waals surface area contributed by atoms with E-state index in [-0.39, 0.29) is 0 Å². The zero-order valence-corrected chi connectivity index (χ0v) is 13.1. The van der Waals surface area contributed by atoms with E-state index in [0.717, 1.165) is 31.1 Å². The van der Waals surface area contributed by atoms with E-state index in [1.807, 2.05) is 12.5 Å². The molecular weight excluding hydrogens is 280 g/mol. The fraction of sp³-hybridized carbons (Fsp3) is 0.500. The SMILES string of the molecule is CSc1ncc2c(n1)-c1c(ccn1C1CCNCC1)CC2. The smallest absolute Gasteiger partial charge is 0.187 e. The number of aromatic nitrogens is 3. The van der Waals surface area contributed by atoms with Crippen LogP contribution in [0, 0.1) is 0 Å². The Kier molecular flexibility index (Phi) is 3.47. The average molecular weight is 300 g/mol. The fourth-order valence-corrected chi connectivity index (χ4v) is 3.84. The largest absolute Gasteiger partial charge is 0.343 e. The third-order valence-corrected chi connectivity index (χ3v) is 5.18. The summed E-state index contributed by atoms with van der Waals surface area (Å²) in [5.41, 5.74) is 5.26. The maximum Gasteiger partial charge on any atom is 0.187 e. The topological polar surface area (TPSA) is 42.7 Å². The second kappa shape index (κ2) is 5.46. The summed E-state index contributed by atoms with van der Waals surface area (Å²) in [4.78, 5) is 9.26. The Morgan fingerprint density at radius 1 is 1.24 bits per heavy atom. The standard InChI is InChI=1S/C16H20N4S/c1-21-16-18-10-12-3-2-11-6-9-20(15(11)14(12)19-16)13-4-7-17-8-5-13/h6,9-10,13,17H,2-5,7-8H2,1H3. The normalized spacial score (nSPS) is 18.3. The van der Waals surface area contributed by atoms with Crippen LogP contribution in [-0.2, 0) is 12.8 Å². The first-order valence-corrected chi connectivity index (χ1v) is 8.90. The number of thioether (sulfide) groups is 1. The van der Waals surface area contributed by atoms with E-state index < -0.39 is 0 Å². The van der Waals surface area contributed by atoms with Gasteiger partial charge in [-0.1, -0.05) is 11.8 Å². The van der Waals surface area contributed by atoms with Gasteiger partial charge in [0.05, 0.1) is 11.4 Å². The highest BCUT2D eigenvalue weighted by Crippen LogP contribution is 2.36. The van der Waals surface area contributed by atoms with Crippen LogP contribution >= 0.6 is 11.8 Å². The van der Waals surface area contributed by atoms with Crippen molar-refractivity contribution >= 4 is 11.8 Å². The van der Waals surface area contributed by atoms with Gasteiger partial charge in [0.2, 0.25) is 0 Å². The lowest BCUT2D eigenvalue weighted by Gasteiger charge is -2.28. The molecule has 0 bridgehead atoms. The van der Waals surface area contributed by atoms with Crippen molar-refractivity contribution in [2.75, 3.05) is 19.3 Å². The van der Waals surface area contributed by atoms with E-state index >= 15 is 0 Å². The molecule has 110 valence electrons. The summed E-state index contributed by atoms with van der Waals surface area (Å²) in [5, 5.41) is 4.33. The molecule has 1 N–H and O–H groups in total. The van der Waals surface area contributed by atoms with Crippen molar-refractivity contribution in [2.24, 2.45) is 0 Å². The summed E-state index contributed by atoms with van der Waals surface area (Å²) in [6, 6.07) is 2.90. The van der Waals surface area contributed by atoms with Crippen molar-refractivity contribution in [1.29, 1.82) is 0 Å². The Morgan fingerprint density at radius 2 is 2.05 bits per heavy atom. The van der Waals surface area contributed by atoms with Gasteiger partial charge in [-0.15, -0.1) is 0 Å². The number of fused-ring (bicyclic) bond motifs is 3. The number of aryl methyl sites for hydroxylation is 2. The Morgan fingerprint density at radius 3 is 2.86 bits per heavy atom. The van der Waals surface area contributed by atoms with Gasteiger partial charge in [-0.3, -0.25) is 0 Å². The van der Waals surface area contributed by atoms with Gasteiger partial charge < -0.3 is 9.88 Å². The third kappa shape index (κ3) is 2.28. The van der Waals surface area contributed by atoms with E-state index in [4.69, 9.17) is 4.98 Å². The van der Waals surface area contributed by atoms with Crippen LogP contribution in [0.3, 0.4) is 0 Å². The highest BCUT2D eigenvalue weighted by Gasteiger charge is 2.25. The van der Waals surface area contributed by atoms with Gasteiger partial charge in [-0.2, -0.15) is 0 Å². The Labute approximate surface area is 129 Å². The monoisotopic (exact) mass is 300 g/mol. The summed E-state index contributed by atoms with van der Waals surface area (Å²) in [6.45, 7) is 2.23. The molecule has 4 rings (SSSR count). The van der Waals surface area contributed by atoms with Gasteiger partial charge >= 0.3 is 0 Å². The molecule has 5 heteroatoms. The summed E-state index contributed by atoms with van der Waals surface area (Å²) in [6.07, 6.45) is 10.9. The molecule has 1 aliphatic heterocycles. The molecule has 0 spiro atoms. The van der Waals surface area contributed by atoms with Crippen LogP contribution in [-0.4, -0.2) is 33.9 Å². The van der Waals surface area contributed by atoms with Gasteiger partial charge in [0, 0.05) is 18.4 Å². The second-order valence-electron chi connectivity index (χ2n) is 5.81. The number of rotatable bonds is 2. The molecule has 0 saturated carbocycles. The zero-order valence-electron chi connectivity index (χ0n) is 12.3. The lowest BCUT2D eigenvalue weighted by molar-refractivity contribution is 0.371. The lowest BCUT2D eigenvalue weighted by atomic mass is 9.94. The number of nitrogens with zero attached hydrogens (tertiary/aromatic N) is 3. The van der Waals surface area contributed by atoms with Crippen LogP contribution in [0.1, 0.15) is 30.0 Å². The van der Waals surface area contributed by atoms with Crippen LogP contribution in [0.4, 0.5) is 0 Å². The maximum absolute atomic E-state index is 4.82. The molecule has 2 aromatic heterocycles. The van der Waals surface area contributed by atoms with Crippen molar-refractivity contribution in [3.8, 4) is 11.4 Å². The van der Waals surface area contributed by atoms with Gasteiger partial charge in [-0.25, -0.2) is 9.97 Å². The summed E-state index contributed by atoms with van der Waals surface area (Å²) < 4.78 is 2.48. The van der Waals surface area contributed by atoms with Crippen LogP contribution < -0.4 is 5.32 Å². The predicted octanol–water partition coefficient (Wildman–Crippen LogP) is 2.69. The van der Waals surface area contributed by atoms with E-state index in [9.17, 15) is 0 Å². The van der Waals surface area contributed by atoms with Crippen LogP contribution in [0.25, 0.3) is 11.4 Å². The molecular formula is C16H20N4S.